The van der Waals surface area contributed by atoms with Crippen molar-refractivity contribution in [3.05, 3.63) is 22.2 Å². The third kappa shape index (κ3) is 5.47. The van der Waals surface area contributed by atoms with Crippen LogP contribution in [0.25, 0.3) is 0 Å². The minimum atomic E-state index is -0.171. The number of ether oxygens (including phenoxy) is 1. The second-order valence-corrected chi connectivity index (χ2v) is 4.03. The molecule has 0 unspecified atom stereocenters. The topological polar surface area (TPSA) is 84.1 Å². The number of aryl methyl sites for hydroxylation is 1. The zero-order chi connectivity index (χ0) is 13.4. The number of nitrogens with one attached hydrogen (secondary N) is 2. The highest BCUT2D eigenvalue weighted by molar-refractivity contribution is 5.68. The van der Waals surface area contributed by atoms with E-state index < -0.39 is 0 Å². The summed E-state index contributed by atoms with van der Waals surface area (Å²) >= 11 is 0. The van der Waals surface area contributed by atoms with Gasteiger partial charge in [0.15, 0.2) is 0 Å². The number of carbonyl (C=O) groups is 1. The van der Waals surface area contributed by atoms with Gasteiger partial charge in [0.2, 0.25) is 0 Å². The first kappa shape index (κ1) is 14.2. The van der Waals surface area contributed by atoms with E-state index in [1.54, 1.807) is 6.92 Å². The van der Waals surface area contributed by atoms with Crippen molar-refractivity contribution in [2.75, 3.05) is 19.0 Å². The van der Waals surface area contributed by atoms with Crippen molar-refractivity contribution in [1.82, 2.24) is 9.97 Å². The molecule has 0 spiro atoms. The van der Waals surface area contributed by atoms with Crippen molar-refractivity contribution in [3.63, 3.8) is 0 Å². The van der Waals surface area contributed by atoms with Crippen molar-refractivity contribution in [1.29, 1.82) is 0 Å². The summed E-state index contributed by atoms with van der Waals surface area (Å²) in [5.74, 6) is 1.01. The number of esters is 1. The number of nitrogens with zero attached hydrogens (tertiary/aromatic N) is 1. The highest BCUT2D eigenvalue weighted by Gasteiger charge is 2.00. The molecule has 0 atom stereocenters. The molecule has 0 aromatic carbocycles. The van der Waals surface area contributed by atoms with Crippen molar-refractivity contribution < 1.29 is 9.53 Å². The quantitative estimate of drug-likeness (QED) is 0.564. The van der Waals surface area contributed by atoms with Gasteiger partial charge in [-0.2, -0.15) is 0 Å². The number of carbonyl (C=O) groups excluding carboxylic acids is 1. The summed E-state index contributed by atoms with van der Waals surface area (Å²) in [5.41, 5.74) is -0.157. The van der Waals surface area contributed by atoms with E-state index in [9.17, 15) is 9.59 Å². The number of aromatic amines is 1. The van der Waals surface area contributed by atoms with E-state index in [-0.39, 0.29) is 11.5 Å². The standard InChI is InChI=1S/C12H19N3O3/c1-9-14-10(8-11(16)15-9)13-7-5-3-4-6-12(17)18-2/h8H,3-7H2,1-2H3,(H2,13,14,15,16). The van der Waals surface area contributed by atoms with Crippen LogP contribution in [0, 0.1) is 6.92 Å². The van der Waals surface area contributed by atoms with Crippen LogP contribution in [0.2, 0.25) is 0 Å². The molecule has 0 saturated heterocycles. The van der Waals surface area contributed by atoms with Gasteiger partial charge in [0.05, 0.1) is 7.11 Å². The molecule has 0 bridgehead atoms. The molecule has 0 fully saturated rings. The first-order valence-electron chi connectivity index (χ1n) is 6.00. The molecule has 1 aromatic rings. The Labute approximate surface area is 106 Å². The molecule has 18 heavy (non-hydrogen) atoms. The van der Waals surface area contributed by atoms with Crippen LogP contribution in [-0.4, -0.2) is 29.6 Å². The minimum absolute atomic E-state index is 0.157. The van der Waals surface area contributed by atoms with Crippen LogP contribution >= 0.6 is 0 Å². The van der Waals surface area contributed by atoms with E-state index in [2.05, 4.69) is 20.0 Å². The van der Waals surface area contributed by atoms with E-state index in [1.165, 1.54) is 13.2 Å². The molecule has 0 aliphatic rings. The average molecular weight is 253 g/mol. The van der Waals surface area contributed by atoms with Crippen molar-refractivity contribution in [2.45, 2.75) is 32.6 Å². The maximum absolute atomic E-state index is 11.2. The van der Waals surface area contributed by atoms with Gasteiger partial charge < -0.3 is 15.0 Å². The van der Waals surface area contributed by atoms with Gasteiger partial charge in [0, 0.05) is 19.0 Å². The normalized spacial score (nSPS) is 10.1. The predicted molar refractivity (Wildman–Crippen MR) is 68.6 cm³/mol. The molecule has 6 heteroatoms. The molecular weight excluding hydrogens is 234 g/mol. The van der Waals surface area contributed by atoms with Crippen molar-refractivity contribution >= 4 is 11.8 Å². The van der Waals surface area contributed by atoms with Gasteiger partial charge in [0.1, 0.15) is 11.6 Å². The molecule has 1 rings (SSSR count). The zero-order valence-corrected chi connectivity index (χ0v) is 10.8. The van der Waals surface area contributed by atoms with Crippen molar-refractivity contribution in [3.8, 4) is 0 Å². The van der Waals surface area contributed by atoms with Crippen LogP contribution in [0.5, 0.6) is 0 Å². The smallest absolute Gasteiger partial charge is 0.305 e. The Hall–Kier alpha value is -1.85. The highest BCUT2D eigenvalue weighted by Crippen LogP contribution is 2.03. The summed E-state index contributed by atoms with van der Waals surface area (Å²) in [6.45, 7) is 2.47. The highest BCUT2D eigenvalue weighted by atomic mass is 16.5. The number of methoxy groups -OCH3 is 1. The molecule has 0 aliphatic heterocycles. The number of anilines is 1. The lowest BCUT2D eigenvalue weighted by molar-refractivity contribution is -0.140. The van der Waals surface area contributed by atoms with Gasteiger partial charge in [-0.25, -0.2) is 4.98 Å². The van der Waals surface area contributed by atoms with E-state index in [1.807, 2.05) is 0 Å². The maximum atomic E-state index is 11.2. The van der Waals surface area contributed by atoms with Gasteiger partial charge in [-0.05, 0) is 19.8 Å². The summed E-state index contributed by atoms with van der Waals surface area (Å²) < 4.78 is 4.55. The second kappa shape index (κ2) is 7.47. The number of aromatic nitrogens is 2. The number of H-pyrrole nitrogens is 1. The Balaban J connectivity index is 2.18. The first-order chi connectivity index (χ1) is 8.61. The largest absolute Gasteiger partial charge is 0.469 e. The first-order valence-corrected chi connectivity index (χ1v) is 6.00. The second-order valence-electron chi connectivity index (χ2n) is 4.03. The van der Waals surface area contributed by atoms with E-state index >= 15 is 0 Å². The molecule has 100 valence electrons. The molecule has 0 amide bonds. The molecular formula is C12H19N3O3. The molecule has 0 aliphatic carbocycles. The number of rotatable bonds is 7. The van der Waals surface area contributed by atoms with Gasteiger partial charge in [-0.3, -0.25) is 9.59 Å². The lowest BCUT2D eigenvalue weighted by atomic mass is 10.2. The van der Waals surface area contributed by atoms with E-state index in [4.69, 9.17) is 0 Å². The Bertz CT molecular complexity index is 442. The molecule has 0 radical (unpaired) electrons. The fourth-order valence-electron chi connectivity index (χ4n) is 1.56. The fraction of sp³-hybridized carbons (Fsp3) is 0.583. The van der Waals surface area contributed by atoms with Crippen LogP contribution in [0.15, 0.2) is 10.9 Å². The molecule has 6 nitrogen and oxygen atoms in total. The molecule has 1 aromatic heterocycles. The maximum Gasteiger partial charge on any atom is 0.305 e. The summed E-state index contributed by atoms with van der Waals surface area (Å²) in [6, 6.07) is 1.43. The number of hydrogen-bond donors (Lipinski definition) is 2. The number of unbranched alkanes of at least 4 members (excludes halogenated alkanes) is 2. The van der Waals surface area contributed by atoms with Crippen LogP contribution in [-0.2, 0) is 9.53 Å². The molecule has 2 N–H and O–H groups in total. The monoisotopic (exact) mass is 253 g/mol. The lowest BCUT2D eigenvalue weighted by Gasteiger charge is -2.05. The van der Waals surface area contributed by atoms with Crippen LogP contribution < -0.4 is 10.9 Å². The zero-order valence-electron chi connectivity index (χ0n) is 10.8. The van der Waals surface area contributed by atoms with Crippen LogP contribution in [0.4, 0.5) is 5.82 Å². The lowest BCUT2D eigenvalue weighted by Crippen LogP contribution is -2.12. The predicted octanol–water partition coefficient (Wildman–Crippen LogP) is 1.22. The van der Waals surface area contributed by atoms with Crippen molar-refractivity contribution in [2.24, 2.45) is 0 Å². The Kier molecular flexibility index (Phi) is 5.90. The van der Waals surface area contributed by atoms with Crippen LogP contribution in [0.1, 0.15) is 31.5 Å². The van der Waals surface area contributed by atoms with Gasteiger partial charge >= 0.3 is 5.97 Å². The summed E-state index contributed by atoms with van der Waals surface area (Å²) in [4.78, 5) is 28.8. The SMILES string of the molecule is COC(=O)CCCCCNc1cc(=O)[nH]c(C)n1. The summed E-state index contributed by atoms with van der Waals surface area (Å²) in [6.07, 6.45) is 3.13. The number of hydrogen-bond acceptors (Lipinski definition) is 5. The Morgan fingerprint density at radius 1 is 1.44 bits per heavy atom. The van der Waals surface area contributed by atoms with Gasteiger partial charge in [0.25, 0.3) is 5.56 Å². The molecule has 1 heterocycles. The van der Waals surface area contributed by atoms with E-state index in [0.717, 1.165) is 25.8 Å². The summed E-state index contributed by atoms with van der Waals surface area (Å²) in [5, 5.41) is 3.08. The van der Waals surface area contributed by atoms with Gasteiger partial charge in [-0.15, -0.1) is 0 Å². The summed E-state index contributed by atoms with van der Waals surface area (Å²) in [7, 11) is 1.39. The minimum Gasteiger partial charge on any atom is -0.469 e. The van der Waals surface area contributed by atoms with Crippen LogP contribution in [0.3, 0.4) is 0 Å². The Morgan fingerprint density at radius 2 is 2.22 bits per heavy atom. The fourth-order valence-corrected chi connectivity index (χ4v) is 1.56. The Morgan fingerprint density at radius 3 is 2.89 bits per heavy atom. The molecule has 0 saturated carbocycles. The van der Waals surface area contributed by atoms with Gasteiger partial charge in [-0.1, -0.05) is 6.42 Å². The van der Waals surface area contributed by atoms with E-state index in [0.29, 0.717) is 18.1 Å². The third-order valence-electron chi connectivity index (χ3n) is 2.45. The third-order valence-corrected chi connectivity index (χ3v) is 2.45. The average Bonchev–Trinajstić information content (AvgIpc) is 2.32.